The summed E-state index contributed by atoms with van der Waals surface area (Å²) in [6.07, 6.45) is 1.39. The lowest BCUT2D eigenvalue weighted by Gasteiger charge is -1.97. The molecule has 2 nitrogen and oxygen atoms in total. The van der Waals surface area contributed by atoms with Gasteiger partial charge in [-0.3, -0.25) is 0 Å². The minimum absolute atomic E-state index is 0.493. The van der Waals surface area contributed by atoms with Crippen LogP contribution in [0.5, 0.6) is 0 Å². The Balaban J connectivity index is 2.73. The first-order chi connectivity index (χ1) is 6.24. The van der Waals surface area contributed by atoms with Crippen LogP contribution in [0, 0.1) is 0 Å². The van der Waals surface area contributed by atoms with Crippen LogP contribution in [0.25, 0.3) is 0 Å². The Morgan fingerprint density at radius 2 is 2.15 bits per heavy atom. The molecule has 0 saturated carbocycles. The first kappa shape index (κ1) is 10.4. The normalized spacial score (nSPS) is 10.7. The molecule has 1 rings (SSSR count). The van der Waals surface area contributed by atoms with Crippen LogP contribution in [-0.4, -0.2) is 13.0 Å². The summed E-state index contributed by atoms with van der Waals surface area (Å²) in [5.41, 5.74) is 0.725. The highest BCUT2D eigenvalue weighted by Gasteiger charge is 1.96. The molecule has 0 bridgehead atoms. The van der Waals surface area contributed by atoms with E-state index in [1.807, 2.05) is 6.92 Å². The molecule has 0 aliphatic rings. The predicted octanol–water partition coefficient (Wildman–Crippen LogP) is 3.69. The Hall–Kier alpha value is -0.730. The van der Waals surface area contributed by atoms with Gasteiger partial charge in [-0.25, -0.2) is 4.99 Å². The van der Waals surface area contributed by atoms with Gasteiger partial charge in [0.25, 0.3) is 0 Å². The molecular weight excluding hydrogens is 209 g/mol. The van der Waals surface area contributed by atoms with Crippen molar-refractivity contribution in [3.05, 3.63) is 28.2 Å². The van der Waals surface area contributed by atoms with Gasteiger partial charge in [0.2, 0.25) is 0 Å². The van der Waals surface area contributed by atoms with Crippen molar-refractivity contribution in [3.8, 4) is 0 Å². The summed E-state index contributed by atoms with van der Waals surface area (Å²) in [4.78, 5) is 4.01. The predicted molar refractivity (Wildman–Crippen MR) is 56.2 cm³/mol. The topological polar surface area (TPSA) is 21.6 Å². The minimum Gasteiger partial charge on any atom is -0.483 e. The third-order valence-corrected chi connectivity index (χ3v) is 2.09. The minimum atomic E-state index is 0.493. The SMILES string of the molecule is CCOC=Nc1ccc(Cl)c(Cl)c1. The number of hydrogen-bond acceptors (Lipinski definition) is 2. The van der Waals surface area contributed by atoms with Crippen LogP contribution in [0.4, 0.5) is 5.69 Å². The van der Waals surface area contributed by atoms with Crippen molar-refractivity contribution in [2.45, 2.75) is 6.92 Å². The molecule has 1 aromatic rings. The molecule has 0 aliphatic carbocycles. The van der Waals surface area contributed by atoms with Crippen molar-refractivity contribution in [2.24, 2.45) is 4.99 Å². The van der Waals surface area contributed by atoms with Gasteiger partial charge in [0.1, 0.15) is 0 Å². The van der Waals surface area contributed by atoms with Crippen LogP contribution in [0.1, 0.15) is 6.92 Å². The zero-order valence-electron chi connectivity index (χ0n) is 7.13. The van der Waals surface area contributed by atoms with Crippen molar-refractivity contribution < 1.29 is 4.74 Å². The average Bonchev–Trinajstić information content (AvgIpc) is 2.12. The molecular formula is C9H9Cl2NO. The van der Waals surface area contributed by atoms with Crippen molar-refractivity contribution in [3.63, 3.8) is 0 Å². The Labute approximate surface area is 87.1 Å². The van der Waals surface area contributed by atoms with E-state index in [4.69, 9.17) is 27.9 Å². The van der Waals surface area contributed by atoms with Gasteiger partial charge in [0.05, 0.1) is 22.3 Å². The Bertz CT molecular complexity index is 312. The highest BCUT2D eigenvalue weighted by Crippen LogP contribution is 2.26. The van der Waals surface area contributed by atoms with Gasteiger partial charge in [0, 0.05) is 0 Å². The molecule has 70 valence electrons. The molecule has 4 heteroatoms. The second-order valence-electron chi connectivity index (χ2n) is 2.29. The summed E-state index contributed by atoms with van der Waals surface area (Å²) in [5.74, 6) is 0. The van der Waals surface area contributed by atoms with E-state index in [1.54, 1.807) is 18.2 Å². The van der Waals surface area contributed by atoms with Crippen LogP contribution >= 0.6 is 23.2 Å². The summed E-state index contributed by atoms with van der Waals surface area (Å²) in [7, 11) is 0. The molecule has 0 amide bonds. The average molecular weight is 218 g/mol. The highest BCUT2D eigenvalue weighted by molar-refractivity contribution is 6.42. The Morgan fingerprint density at radius 1 is 1.38 bits per heavy atom. The molecule has 0 unspecified atom stereocenters. The van der Waals surface area contributed by atoms with Gasteiger partial charge in [-0.15, -0.1) is 0 Å². The van der Waals surface area contributed by atoms with E-state index in [-0.39, 0.29) is 0 Å². The van der Waals surface area contributed by atoms with Crippen LogP contribution in [0.2, 0.25) is 10.0 Å². The lowest BCUT2D eigenvalue weighted by molar-refractivity contribution is 0.344. The molecule has 0 aromatic heterocycles. The standard InChI is InChI=1S/C9H9Cl2NO/c1-2-13-6-12-7-3-4-8(10)9(11)5-7/h3-6H,2H2,1H3. The number of hydrogen-bond donors (Lipinski definition) is 0. The first-order valence-corrected chi connectivity index (χ1v) is 4.59. The summed E-state index contributed by atoms with van der Waals surface area (Å²) < 4.78 is 4.94. The zero-order chi connectivity index (χ0) is 9.68. The molecule has 0 atom stereocenters. The molecule has 0 N–H and O–H groups in total. The second-order valence-corrected chi connectivity index (χ2v) is 3.10. The van der Waals surface area contributed by atoms with Gasteiger partial charge < -0.3 is 4.74 Å². The number of aliphatic imine (C=N–C) groups is 1. The molecule has 0 saturated heterocycles. The van der Waals surface area contributed by atoms with Gasteiger partial charge in [-0.2, -0.15) is 0 Å². The Kier molecular flexibility index (Phi) is 4.06. The van der Waals surface area contributed by atoms with E-state index in [1.165, 1.54) is 6.40 Å². The highest BCUT2D eigenvalue weighted by atomic mass is 35.5. The lowest BCUT2D eigenvalue weighted by atomic mass is 10.3. The molecule has 0 aliphatic heterocycles. The molecule has 0 fully saturated rings. The molecule has 13 heavy (non-hydrogen) atoms. The van der Waals surface area contributed by atoms with E-state index in [0.29, 0.717) is 16.7 Å². The smallest absolute Gasteiger partial charge is 0.174 e. The summed E-state index contributed by atoms with van der Waals surface area (Å²) in [6, 6.07) is 5.14. The molecule has 0 heterocycles. The van der Waals surface area contributed by atoms with Gasteiger partial charge >= 0.3 is 0 Å². The number of ether oxygens (including phenoxy) is 1. The van der Waals surface area contributed by atoms with E-state index in [2.05, 4.69) is 4.99 Å². The van der Waals surface area contributed by atoms with E-state index < -0.39 is 0 Å². The number of rotatable bonds is 3. The van der Waals surface area contributed by atoms with Gasteiger partial charge in [-0.1, -0.05) is 23.2 Å². The van der Waals surface area contributed by atoms with Crippen molar-refractivity contribution >= 4 is 35.3 Å². The van der Waals surface area contributed by atoms with Crippen LogP contribution in [-0.2, 0) is 4.74 Å². The van der Waals surface area contributed by atoms with E-state index in [9.17, 15) is 0 Å². The van der Waals surface area contributed by atoms with E-state index >= 15 is 0 Å². The second kappa shape index (κ2) is 5.10. The van der Waals surface area contributed by atoms with Gasteiger partial charge in [-0.05, 0) is 25.1 Å². The molecule has 1 aromatic carbocycles. The van der Waals surface area contributed by atoms with Crippen molar-refractivity contribution in [2.75, 3.05) is 6.61 Å². The molecule has 0 spiro atoms. The van der Waals surface area contributed by atoms with Crippen LogP contribution in [0.15, 0.2) is 23.2 Å². The van der Waals surface area contributed by atoms with Crippen LogP contribution in [0.3, 0.4) is 0 Å². The fraction of sp³-hybridized carbons (Fsp3) is 0.222. The number of nitrogens with zero attached hydrogens (tertiary/aromatic N) is 1. The zero-order valence-corrected chi connectivity index (χ0v) is 8.64. The summed E-state index contributed by atoms with van der Waals surface area (Å²) >= 11 is 11.5. The lowest BCUT2D eigenvalue weighted by Crippen LogP contribution is -1.83. The monoisotopic (exact) mass is 217 g/mol. The largest absolute Gasteiger partial charge is 0.483 e. The quantitative estimate of drug-likeness (QED) is 0.560. The fourth-order valence-electron chi connectivity index (χ4n) is 0.738. The Morgan fingerprint density at radius 3 is 2.77 bits per heavy atom. The summed E-state index contributed by atoms with van der Waals surface area (Å²) in [6.45, 7) is 2.49. The third-order valence-electron chi connectivity index (χ3n) is 1.35. The van der Waals surface area contributed by atoms with E-state index in [0.717, 1.165) is 5.69 Å². The maximum absolute atomic E-state index is 5.78. The maximum Gasteiger partial charge on any atom is 0.174 e. The maximum atomic E-state index is 5.78. The number of benzene rings is 1. The summed E-state index contributed by atoms with van der Waals surface area (Å²) in [5, 5.41) is 1.02. The third kappa shape index (κ3) is 3.25. The van der Waals surface area contributed by atoms with Crippen LogP contribution < -0.4 is 0 Å². The van der Waals surface area contributed by atoms with Gasteiger partial charge in [0.15, 0.2) is 6.40 Å². The first-order valence-electron chi connectivity index (χ1n) is 3.83. The van der Waals surface area contributed by atoms with Crippen molar-refractivity contribution in [1.82, 2.24) is 0 Å². The molecule has 0 radical (unpaired) electrons. The fourth-order valence-corrected chi connectivity index (χ4v) is 1.03. The number of halogens is 2. The van der Waals surface area contributed by atoms with Crippen molar-refractivity contribution in [1.29, 1.82) is 0 Å².